The van der Waals surface area contributed by atoms with E-state index in [0.717, 1.165) is 43.3 Å². The Morgan fingerprint density at radius 2 is 2.10 bits per heavy atom. The highest BCUT2D eigenvalue weighted by molar-refractivity contribution is 8.00. The molecule has 1 aromatic rings. The fourth-order valence-electron chi connectivity index (χ4n) is 2.59. The fourth-order valence-corrected chi connectivity index (χ4v) is 3.66. The molecule has 1 aromatic heterocycles. The maximum Gasteiger partial charge on any atom is 0.235 e. The van der Waals surface area contributed by atoms with Crippen LogP contribution in [0.15, 0.2) is 5.16 Å². The maximum absolute atomic E-state index is 12.1. The zero-order chi connectivity index (χ0) is 15.4. The third-order valence-corrected chi connectivity index (χ3v) is 5.29. The van der Waals surface area contributed by atoms with Crippen molar-refractivity contribution in [1.29, 1.82) is 0 Å². The summed E-state index contributed by atoms with van der Waals surface area (Å²) < 4.78 is 2.06. The third kappa shape index (κ3) is 3.77. The molecule has 1 aliphatic heterocycles. The van der Waals surface area contributed by atoms with Crippen LogP contribution in [0.1, 0.15) is 37.9 Å². The summed E-state index contributed by atoms with van der Waals surface area (Å²) in [5, 5.41) is 12.8. The average molecular weight is 311 g/mol. The molecule has 0 saturated carbocycles. The van der Waals surface area contributed by atoms with Gasteiger partial charge in [-0.05, 0) is 32.4 Å². The zero-order valence-electron chi connectivity index (χ0n) is 13.3. The Kier molecular flexibility index (Phi) is 5.64. The van der Waals surface area contributed by atoms with Gasteiger partial charge in [0.2, 0.25) is 5.91 Å². The van der Waals surface area contributed by atoms with Gasteiger partial charge >= 0.3 is 0 Å². The summed E-state index contributed by atoms with van der Waals surface area (Å²) in [4.78, 5) is 13.8. The van der Waals surface area contributed by atoms with Crippen molar-refractivity contribution in [1.82, 2.24) is 25.0 Å². The van der Waals surface area contributed by atoms with Crippen LogP contribution in [0.3, 0.4) is 0 Å². The van der Waals surface area contributed by atoms with E-state index in [4.69, 9.17) is 0 Å². The van der Waals surface area contributed by atoms with Crippen molar-refractivity contribution in [3.8, 4) is 0 Å². The van der Waals surface area contributed by atoms with E-state index in [-0.39, 0.29) is 11.2 Å². The van der Waals surface area contributed by atoms with Crippen molar-refractivity contribution in [2.45, 2.75) is 42.5 Å². The lowest BCUT2D eigenvalue weighted by Crippen LogP contribution is -2.31. The Balaban J connectivity index is 2.10. The van der Waals surface area contributed by atoms with Crippen LogP contribution in [0.5, 0.6) is 0 Å². The minimum absolute atomic E-state index is 0.0937. The fraction of sp³-hybridized carbons (Fsp3) is 0.786. The van der Waals surface area contributed by atoms with Crippen molar-refractivity contribution in [2.75, 3.05) is 27.2 Å². The monoisotopic (exact) mass is 311 g/mol. The Bertz CT molecular complexity index is 482. The predicted molar refractivity (Wildman–Crippen MR) is 84.5 cm³/mol. The second kappa shape index (κ2) is 7.26. The molecule has 2 heterocycles. The van der Waals surface area contributed by atoms with Gasteiger partial charge in [-0.3, -0.25) is 4.79 Å². The molecule has 0 aliphatic carbocycles. The molecule has 1 N–H and O–H groups in total. The number of carbonyl (C=O) groups excluding carboxylic acids is 1. The van der Waals surface area contributed by atoms with Gasteiger partial charge in [0.25, 0.3) is 0 Å². The van der Waals surface area contributed by atoms with Crippen molar-refractivity contribution < 1.29 is 4.79 Å². The van der Waals surface area contributed by atoms with E-state index in [1.165, 1.54) is 11.8 Å². The molecule has 1 unspecified atom stereocenters. The highest BCUT2D eigenvalue weighted by Gasteiger charge is 2.25. The Labute approximate surface area is 130 Å². The maximum atomic E-state index is 12.1. The Hall–Kier alpha value is -1.08. The first kappa shape index (κ1) is 16.3. The van der Waals surface area contributed by atoms with Crippen LogP contribution in [0, 0.1) is 0 Å². The minimum atomic E-state index is -0.0937. The van der Waals surface area contributed by atoms with Crippen molar-refractivity contribution in [3.63, 3.8) is 0 Å². The molecule has 0 spiro atoms. The van der Waals surface area contributed by atoms with Crippen LogP contribution in [0.4, 0.5) is 0 Å². The summed E-state index contributed by atoms with van der Waals surface area (Å²) in [5.41, 5.74) is 0. The number of thioether (sulfide) groups is 1. The van der Waals surface area contributed by atoms with Gasteiger partial charge in [0.15, 0.2) is 5.16 Å². The van der Waals surface area contributed by atoms with Gasteiger partial charge in [-0.25, -0.2) is 0 Å². The van der Waals surface area contributed by atoms with Crippen LogP contribution < -0.4 is 5.32 Å². The molecule has 1 fully saturated rings. The number of rotatable bonds is 5. The topological polar surface area (TPSA) is 63.1 Å². The first-order chi connectivity index (χ1) is 10.0. The predicted octanol–water partition coefficient (Wildman–Crippen LogP) is 1.24. The third-order valence-electron chi connectivity index (χ3n) is 3.91. The number of hydrogen-bond acceptors (Lipinski definition) is 5. The largest absolute Gasteiger partial charge is 0.348 e. The normalized spacial score (nSPS) is 17.7. The average Bonchev–Trinajstić information content (AvgIpc) is 2.85. The number of amides is 1. The van der Waals surface area contributed by atoms with Crippen LogP contribution >= 0.6 is 11.8 Å². The van der Waals surface area contributed by atoms with Gasteiger partial charge in [-0.15, -0.1) is 10.2 Å². The van der Waals surface area contributed by atoms with Gasteiger partial charge in [0.1, 0.15) is 5.82 Å². The molecule has 0 aromatic carbocycles. The lowest BCUT2D eigenvalue weighted by atomic mass is 9.97. The number of piperidine rings is 1. The molecule has 2 rings (SSSR count). The number of aromatic nitrogens is 3. The summed E-state index contributed by atoms with van der Waals surface area (Å²) >= 11 is 1.52. The molecule has 6 nitrogen and oxygen atoms in total. The first-order valence-electron chi connectivity index (χ1n) is 7.52. The lowest BCUT2D eigenvalue weighted by Gasteiger charge is -2.22. The molecule has 7 heteroatoms. The molecule has 0 bridgehead atoms. The molecule has 1 saturated heterocycles. The summed E-state index contributed by atoms with van der Waals surface area (Å²) in [7, 11) is 5.60. The first-order valence-corrected chi connectivity index (χ1v) is 8.40. The summed E-state index contributed by atoms with van der Waals surface area (Å²) in [6.07, 6.45) is 2.99. The van der Waals surface area contributed by atoms with E-state index in [2.05, 4.69) is 20.1 Å². The molecule has 21 heavy (non-hydrogen) atoms. The number of carbonyl (C=O) groups is 1. The van der Waals surface area contributed by atoms with E-state index >= 15 is 0 Å². The number of hydrogen-bond donors (Lipinski definition) is 1. The van der Waals surface area contributed by atoms with E-state index < -0.39 is 0 Å². The SMILES string of the molecule is CCC(Sc1nnc(C2CCNCC2)n1C)C(=O)N(C)C. The second-order valence-corrected chi connectivity index (χ2v) is 6.84. The van der Waals surface area contributed by atoms with Gasteiger partial charge in [0, 0.05) is 27.1 Å². The van der Waals surface area contributed by atoms with Crippen LogP contribution in [-0.2, 0) is 11.8 Å². The minimum Gasteiger partial charge on any atom is -0.348 e. The number of nitrogens with zero attached hydrogens (tertiary/aromatic N) is 4. The second-order valence-electron chi connectivity index (χ2n) is 5.67. The quantitative estimate of drug-likeness (QED) is 0.829. The molecular formula is C14H25N5OS. The van der Waals surface area contributed by atoms with Crippen molar-refractivity contribution >= 4 is 17.7 Å². The Morgan fingerprint density at radius 1 is 1.43 bits per heavy atom. The van der Waals surface area contributed by atoms with E-state index in [1.54, 1.807) is 19.0 Å². The van der Waals surface area contributed by atoms with Crippen LogP contribution in [0.2, 0.25) is 0 Å². The van der Waals surface area contributed by atoms with E-state index in [0.29, 0.717) is 5.92 Å². The van der Waals surface area contributed by atoms with Gasteiger partial charge in [0.05, 0.1) is 5.25 Å². The lowest BCUT2D eigenvalue weighted by molar-refractivity contribution is -0.128. The molecule has 118 valence electrons. The van der Waals surface area contributed by atoms with Crippen LogP contribution in [0.25, 0.3) is 0 Å². The van der Waals surface area contributed by atoms with Crippen molar-refractivity contribution in [3.05, 3.63) is 5.82 Å². The molecule has 1 amide bonds. The summed E-state index contributed by atoms with van der Waals surface area (Å²) in [5.74, 6) is 1.66. The molecule has 0 radical (unpaired) electrons. The van der Waals surface area contributed by atoms with E-state index in [9.17, 15) is 4.79 Å². The van der Waals surface area contributed by atoms with Crippen LogP contribution in [-0.4, -0.2) is 58.0 Å². The standard InChI is InChI=1S/C14H25N5OS/c1-5-11(13(20)18(2)3)21-14-17-16-12(19(14)4)10-6-8-15-9-7-10/h10-11,15H,5-9H2,1-4H3. The highest BCUT2D eigenvalue weighted by atomic mass is 32.2. The molecule has 1 aliphatic rings. The zero-order valence-corrected chi connectivity index (χ0v) is 14.1. The van der Waals surface area contributed by atoms with Gasteiger partial charge in [-0.1, -0.05) is 18.7 Å². The van der Waals surface area contributed by atoms with Gasteiger partial charge in [-0.2, -0.15) is 0 Å². The molecular weight excluding hydrogens is 286 g/mol. The summed E-state index contributed by atoms with van der Waals surface area (Å²) in [6, 6.07) is 0. The van der Waals surface area contributed by atoms with Gasteiger partial charge < -0.3 is 14.8 Å². The van der Waals surface area contributed by atoms with E-state index in [1.807, 2.05) is 14.0 Å². The molecule has 1 atom stereocenters. The summed E-state index contributed by atoms with van der Waals surface area (Å²) in [6.45, 7) is 4.11. The smallest absolute Gasteiger partial charge is 0.235 e. The van der Waals surface area contributed by atoms with Crippen molar-refractivity contribution in [2.24, 2.45) is 7.05 Å². The highest BCUT2D eigenvalue weighted by Crippen LogP contribution is 2.29. The number of nitrogens with one attached hydrogen (secondary N) is 1. The Morgan fingerprint density at radius 3 is 2.67 bits per heavy atom.